The minimum absolute atomic E-state index is 0.00694. The van der Waals surface area contributed by atoms with Crippen molar-refractivity contribution in [2.75, 3.05) is 19.8 Å². The minimum atomic E-state index is -0.133. The van der Waals surface area contributed by atoms with Gasteiger partial charge in [-0.15, -0.1) is 11.6 Å². The first-order valence-corrected chi connectivity index (χ1v) is 33.6. The number of benzene rings is 2. The molecule has 0 spiro atoms. The molecule has 540 valence electrons. The highest BCUT2D eigenvalue weighted by molar-refractivity contribution is 6.29. The average Bonchev–Trinajstić information content (AvgIpc) is 1.64. The Morgan fingerprint density at radius 2 is 0.808 bits per heavy atom. The normalized spacial score (nSPS) is 14.9. The second-order valence-corrected chi connectivity index (χ2v) is 22.6. The van der Waals surface area contributed by atoms with Crippen molar-refractivity contribution in [1.82, 2.24) is 126 Å². The van der Waals surface area contributed by atoms with Crippen LogP contribution in [0.15, 0.2) is 203 Å². The third kappa shape index (κ3) is 20.2. The lowest BCUT2D eigenvalue weighted by Gasteiger charge is -2.14. The lowest BCUT2D eigenvalue weighted by atomic mass is 10.3. The summed E-state index contributed by atoms with van der Waals surface area (Å²) in [6, 6.07) is 24.7. The summed E-state index contributed by atoms with van der Waals surface area (Å²) in [6.07, 6.45) is 40.6. The second kappa shape index (κ2) is 39.0. The van der Waals surface area contributed by atoms with Crippen LogP contribution in [0.5, 0.6) is 11.5 Å². The Bertz CT molecular complexity index is 4760. The Hall–Kier alpha value is -11.5. The van der Waals surface area contributed by atoms with E-state index in [4.69, 9.17) is 67.3 Å². The number of fused-ring (bicyclic) bond motifs is 3. The van der Waals surface area contributed by atoms with Gasteiger partial charge in [0.05, 0.1) is 5.88 Å². The predicted octanol–water partition coefficient (Wildman–Crippen LogP) is 7.66. The predicted molar refractivity (Wildman–Crippen MR) is 373 cm³/mol. The maximum Gasteiger partial charge on any atom is 0.254 e. The number of H-pyrrole nitrogens is 2. The van der Waals surface area contributed by atoms with Crippen molar-refractivity contribution in [3.8, 4) is 23.1 Å². The van der Waals surface area contributed by atoms with Crippen LogP contribution in [0.2, 0.25) is 5.15 Å². The van der Waals surface area contributed by atoms with E-state index in [1.165, 1.54) is 23.5 Å². The van der Waals surface area contributed by atoms with Gasteiger partial charge in [0.2, 0.25) is 0 Å². The van der Waals surface area contributed by atoms with Crippen LogP contribution in [0.25, 0.3) is 29.0 Å². The molecular weight excluding hydrogens is 1380 g/mol. The molecule has 13 aromatic heterocycles. The van der Waals surface area contributed by atoms with Gasteiger partial charge in [0.15, 0.2) is 5.82 Å². The molecule has 3 atom stereocenters. The Balaban J connectivity index is 0.000000122. The van der Waals surface area contributed by atoms with Crippen molar-refractivity contribution in [1.29, 1.82) is 0 Å². The molecule has 37 heteroatoms. The summed E-state index contributed by atoms with van der Waals surface area (Å²) in [6.45, 7) is 3.16. The molecule has 3 saturated heterocycles. The van der Waals surface area contributed by atoms with E-state index in [2.05, 4.69) is 94.6 Å². The number of hydrogen-bond donors (Lipinski definition) is 6. The summed E-state index contributed by atoms with van der Waals surface area (Å²) < 4.78 is 42.4. The average molecular weight is 1460 g/mol. The summed E-state index contributed by atoms with van der Waals surface area (Å²) >= 11 is 11.4. The fraction of sp³-hybridized carbons (Fsp3) is 0.284. The molecule has 2 aromatic carbocycles. The fourth-order valence-electron chi connectivity index (χ4n) is 10.4. The maximum absolute atomic E-state index is 9.15. The molecule has 0 bridgehead atoms. The highest BCUT2D eigenvalue weighted by Gasteiger charge is 2.22. The molecule has 3 aliphatic heterocycles. The number of aromatic amines is 2. The fourth-order valence-corrected chi connectivity index (χ4v) is 10.8. The Morgan fingerprint density at radius 1 is 0.404 bits per heavy atom. The quantitative estimate of drug-likeness (QED) is 0.0399. The number of halogens is 2. The van der Waals surface area contributed by atoms with E-state index in [0.717, 1.165) is 99.0 Å². The van der Waals surface area contributed by atoms with Gasteiger partial charge < -0.3 is 67.8 Å². The van der Waals surface area contributed by atoms with E-state index in [-0.39, 0.29) is 45.1 Å². The van der Waals surface area contributed by atoms with Gasteiger partial charge in [-0.05, 0) is 68.9 Å². The van der Waals surface area contributed by atoms with Crippen LogP contribution in [0.1, 0.15) is 98.0 Å². The number of aromatic nitrogens is 26. The molecular formula is C67H74Cl2N26O9. The van der Waals surface area contributed by atoms with Crippen LogP contribution in [-0.4, -0.2) is 167 Å². The number of para-hydroxylation sites is 2. The largest absolute Gasteiger partial charge is 0.486 e. The first-order valence-electron chi connectivity index (χ1n) is 32.7. The Morgan fingerprint density at radius 3 is 1.24 bits per heavy atom. The summed E-state index contributed by atoms with van der Waals surface area (Å²) in [5, 5.41) is 47.3. The van der Waals surface area contributed by atoms with E-state index in [0.29, 0.717) is 64.9 Å². The number of nitrogens with one attached hydrogen (secondary N) is 2. The summed E-state index contributed by atoms with van der Waals surface area (Å²) in [5.74, 6) is 10.3. The van der Waals surface area contributed by atoms with Crippen molar-refractivity contribution >= 4 is 40.5 Å². The molecule has 15 aromatic rings. The molecule has 0 aliphatic carbocycles. The van der Waals surface area contributed by atoms with Gasteiger partial charge in [-0.3, -0.25) is 9.13 Å². The summed E-state index contributed by atoms with van der Waals surface area (Å²) in [7, 11) is 0. The van der Waals surface area contributed by atoms with Gasteiger partial charge in [0, 0.05) is 137 Å². The van der Waals surface area contributed by atoms with Crippen molar-refractivity contribution in [2.24, 2.45) is 0 Å². The molecule has 3 fully saturated rings. The number of hydrogen-bond acceptors (Lipinski definition) is 25. The van der Waals surface area contributed by atoms with Crippen LogP contribution in [0.4, 0.5) is 0 Å². The SMILES string of the molecule is ClCc1nccn1C1CCCO1.Clc1ccnc2ncnn12.OCc1ncc[nH]1.OCc1ncc[nH]1.OCc1nccn1-c1ccnc2ncnn12.OCc1nccn1C1CCCO1.c1ccc(OCc2nccn2-c2ccnc3ncnn23)cc1.c1ccc(OCc2nccn2C2CCCO2)cc1. The zero-order valence-electron chi connectivity index (χ0n) is 55.9. The maximum atomic E-state index is 9.15. The first-order chi connectivity index (χ1) is 51.3. The van der Waals surface area contributed by atoms with E-state index in [9.17, 15) is 0 Å². The molecule has 104 heavy (non-hydrogen) atoms. The monoisotopic (exact) mass is 1460 g/mol. The molecule has 0 saturated carbocycles. The Labute approximate surface area is 603 Å². The van der Waals surface area contributed by atoms with Gasteiger partial charge >= 0.3 is 0 Å². The van der Waals surface area contributed by atoms with Gasteiger partial charge in [-0.2, -0.15) is 43.8 Å². The first kappa shape index (κ1) is 73.7. The standard InChI is InChI=1S/C15H12N6O.C14H16N2O2.C9H8N6O.C8H11ClN2O.C8H12N2O2.C5H3ClN4.2C4H6N2O/c1-2-4-12(5-3-1)22-10-13-16-8-9-20(13)14-6-7-17-15-18-11-19-21(14)15;1-2-5-12(6-3-1)18-11-13-15-8-9-16(13)14-7-4-10-17-14;16-5-7-10-3-4-14(7)8-1-2-11-9-12-6-13-15(8)9;9-6-7-10-3-4-11(7)8-2-1-5-12-8;11-6-7-9-3-4-10(7)8-2-1-5-12-8;6-4-1-2-7-5-8-3-9-10(4)5;2*7-3-4-5-1-2-6-4/h1-9,11H,10H2;1-3,5-6,8-9,14H,4,7,10-11H2;1-4,6,16H,5H2;3-4,8H,1-2,5-6H2;3-4,8,11H,1-2,5-6H2;1-3H;2*1-2,7H,3H2,(H,5,6). The second-order valence-electron chi connectivity index (χ2n) is 21.9. The lowest BCUT2D eigenvalue weighted by molar-refractivity contribution is 0.0510. The lowest BCUT2D eigenvalue weighted by Crippen LogP contribution is -2.12. The number of ether oxygens (including phenoxy) is 5. The molecule has 6 N–H and O–H groups in total. The van der Waals surface area contributed by atoms with E-state index in [1.807, 2.05) is 105 Å². The van der Waals surface area contributed by atoms with Crippen molar-refractivity contribution < 1.29 is 44.1 Å². The molecule has 0 amide bonds. The van der Waals surface area contributed by atoms with Crippen molar-refractivity contribution in [3.63, 3.8) is 0 Å². The van der Waals surface area contributed by atoms with Crippen LogP contribution < -0.4 is 9.47 Å². The van der Waals surface area contributed by atoms with Crippen molar-refractivity contribution in [3.05, 3.63) is 249 Å². The zero-order valence-corrected chi connectivity index (χ0v) is 57.4. The number of aliphatic hydroxyl groups is 4. The molecule has 0 radical (unpaired) electrons. The Kier molecular flexibility index (Phi) is 27.7. The van der Waals surface area contributed by atoms with E-state index < -0.39 is 0 Å². The van der Waals surface area contributed by atoms with Gasteiger partial charge in [-0.1, -0.05) is 48.0 Å². The third-order valence-corrected chi connectivity index (χ3v) is 15.8. The molecule has 3 unspecified atom stereocenters. The number of aliphatic hydroxyl groups excluding tert-OH is 4. The third-order valence-electron chi connectivity index (χ3n) is 15.3. The van der Waals surface area contributed by atoms with Crippen LogP contribution in [0.3, 0.4) is 0 Å². The topological polar surface area (TPSA) is 403 Å². The van der Waals surface area contributed by atoms with Gasteiger partial charge in [-0.25, -0.2) is 49.8 Å². The smallest absolute Gasteiger partial charge is 0.254 e. The van der Waals surface area contributed by atoms with Gasteiger partial charge in [0.25, 0.3) is 17.3 Å². The molecule has 18 rings (SSSR count). The number of alkyl halides is 1. The molecule has 16 heterocycles. The van der Waals surface area contributed by atoms with Crippen LogP contribution in [0, 0.1) is 0 Å². The zero-order chi connectivity index (χ0) is 71.9. The summed E-state index contributed by atoms with van der Waals surface area (Å²) in [4.78, 5) is 57.8. The number of nitrogens with zero attached hydrogens (tertiary/aromatic N) is 24. The van der Waals surface area contributed by atoms with E-state index >= 15 is 0 Å². The number of rotatable bonds is 16. The molecule has 3 aliphatic rings. The molecule has 35 nitrogen and oxygen atoms in total. The highest BCUT2D eigenvalue weighted by atomic mass is 35.5. The highest BCUT2D eigenvalue weighted by Crippen LogP contribution is 2.27. The van der Waals surface area contributed by atoms with Gasteiger partial charge in [0.1, 0.15) is 141 Å². The minimum Gasteiger partial charge on any atom is -0.486 e. The van der Waals surface area contributed by atoms with E-state index in [1.54, 1.807) is 106 Å². The van der Waals surface area contributed by atoms with Crippen molar-refractivity contribution in [2.45, 2.75) is 103 Å². The number of imidazole rings is 7. The van der Waals surface area contributed by atoms with Crippen LogP contribution >= 0.6 is 23.2 Å². The van der Waals surface area contributed by atoms with Crippen LogP contribution in [-0.2, 0) is 59.7 Å². The summed E-state index contributed by atoms with van der Waals surface area (Å²) in [5.41, 5.74) is 0.